The van der Waals surface area contributed by atoms with Gasteiger partial charge in [0.2, 0.25) is 0 Å². The molecule has 3 aromatic carbocycles. The zero-order valence-electron chi connectivity index (χ0n) is 28.0. The van der Waals surface area contributed by atoms with Gasteiger partial charge in [0.05, 0.1) is 0 Å². The molecular formula is C48H44. The molecule has 1 unspecified atom stereocenters. The summed E-state index contributed by atoms with van der Waals surface area (Å²) >= 11 is 0. The minimum atomic E-state index is 0.723. The van der Waals surface area contributed by atoms with Gasteiger partial charge in [-0.05, 0) is 159 Å². The molecule has 0 fully saturated rings. The molecule has 0 spiro atoms. The number of allylic oxidation sites excluding steroid dienone is 22. The number of fused-ring (bicyclic) bond motifs is 3. The lowest BCUT2D eigenvalue weighted by Crippen LogP contribution is -2.12. The lowest BCUT2D eigenvalue weighted by atomic mass is 9.77. The lowest BCUT2D eigenvalue weighted by Gasteiger charge is -2.27. The van der Waals surface area contributed by atoms with Gasteiger partial charge in [-0.15, -0.1) is 0 Å². The van der Waals surface area contributed by atoms with Crippen molar-refractivity contribution in [3.63, 3.8) is 0 Å². The molecule has 48 heavy (non-hydrogen) atoms. The standard InChI is InChI=1S/C48H44/c1-3-11-39-31-41(29-27-35(39)9-1)37-23-19-33(20-24-37)17-18-34-21-25-38(26-22-34)47-43-13-5-7-15-45(43)48(46-16-8-6-14-44(46)47)42-30-28-36-10-2-4-12-40(36)32-42/h1-2,5-10,13-19,21,23,25,27,29,32,39H,3-4,11-12,20,22,24,26,28,30-31H2. The summed E-state index contributed by atoms with van der Waals surface area (Å²) in [4.78, 5) is 0. The molecule has 3 aromatic rings. The van der Waals surface area contributed by atoms with E-state index in [0.29, 0.717) is 0 Å². The van der Waals surface area contributed by atoms with E-state index in [-0.39, 0.29) is 0 Å². The molecule has 0 saturated heterocycles. The molecule has 0 nitrogen and oxygen atoms in total. The molecule has 0 amide bonds. The summed E-state index contributed by atoms with van der Waals surface area (Å²) in [6.07, 6.45) is 43.7. The number of benzene rings is 3. The van der Waals surface area contributed by atoms with Crippen molar-refractivity contribution in [3.05, 3.63) is 178 Å². The molecule has 1 atom stereocenters. The maximum atomic E-state index is 2.53. The Bertz CT molecular complexity index is 2130. The van der Waals surface area contributed by atoms with Gasteiger partial charge in [-0.1, -0.05) is 128 Å². The summed E-state index contributed by atoms with van der Waals surface area (Å²) in [5, 5.41) is 5.58. The molecule has 0 aromatic heterocycles. The minimum Gasteiger partial charge on any atom is -0.0842 e. The van der Waals surface area contributed by atoms with Crippen molar-refractivity contribution in [3.8, 4) is 0 Å². The first-order chi connectivity index (χ1) is 23.8. The first kappa shape index (κ1) is 29.5. The quantitative estimate of drug-likeness (QED) is 0.249. The molecule has 0 N–H and O–H groups in total. The van der Waals surface area contributed by atoms with E-state index in [1.54, 1.807) is 22.3 Å². The topological polar surface area (TPSA) is 0 Å². The van der Waals surface area contributed by atoms with E-state index in [1.807, 2.05) is 0 Å². The molecular weight excluding hydrogens is 577 g/mol. The van der Waals surface area contributed by atoms with Crippen LogP contribution in [0.25, 0.3) is 32.7 Å². The third-order valence-corrected chi connectivity index (χ3v) is 11.6. The van der Waals surface area contributed by atoms with E-state index in [4.69, 9.17) is 0 Å². The van der Waals surface area contributed by atoms with Crippen LogP contribution in [0, 0.1) is 5.92 Å². The minimum absolute atomic E-state index is 0.723. The molecule has 0 radical (unpaired) electrons. The first-order valence-corrected chi connectivity index (χ1v) is 18.4. The Kier molecular flexibility index (Phi) is 7.82. The van der Waals surface area contributed by atoms with Crippen molar-refractivity contribution in [2.24, 2.45) is 5.92 Å². The van der Waals surface area contributed by atoms with Gasteiger partial charge in [0.1, 0.15) is 0 Å². The normalized spacial score (nSPS) is 22.4. The van der Waals surface area contributed by atoms with Gasteiger partial charge in [-0.2, -0.15) is 0 Å². The third kappa shape index (κ3) is 5.52. The second-order valence-corrected chi connectivity index (χ2v) is 14.4. The lowest BCUT2D eigenvalue weighted by molar-refractivity contribution is 0.552. The summed E-state index contributed by atoms with van der Waals surface area (Å²) in [6, 6.07) is 18.4. The van der Waals surface area contributed by atoms with E-state index in [2.05, 4.69) is 128 Å². The fourth-order valence-corrected chi connectivity index (χ4v) is 8.98. The van der Waals surface area contributed by atoms with E-state index < -0.39 is 0 Å². The van der Waals surface area contributed by atoms with Gasteiger partial charge in [0.15, 0.2) is 0 Å². The zero-order chi connectivity index (χ0) is 31.9. The van der Waals surface area contributed by atoms with Gasteiger partial charge in [-0.25, -0.2) is 0 Å². The summed E-state index contributed by atoms with van der Waals surface area (Å²) in [7, 11) is 0. The van der Waals surface area contributed by atoms with Crippen LogP contribution in [0.15, 0.2) is 167 Å². The van der Waals surface area contributed by atoms with E-state index in [9.17, 15) is 0 Å². The Hall–Kier alpha value is -4.68. The molecule has 0 aliphatic heterocycles. The second-order valence-electron chi connectivity index (χ2n) is 14.4. The van der Waals surface area contributed by atoms with Gasteiger partial charge in [0.25, 0.3) is 0 Å². The highest BCUT2D eigenvalue weighted by Gasteiger charge is 2.24. The second kappa shape index (κ2) is 12.7. The highest BCUT2D eigenvalue weighted by Crippen LogP contribution is 2.45. The SMILES string of the molecule is C1=CC2=C(C=C(c3c4ccccc4c(C4=CC=C(C=CC5=CC=C(C6=CC=C7C=CCCC7C6)CC5)CC4)c4ccccc34)CC2)CC1. The predicted octanol–water partition coefficient (Wildman–Crippen LogP) is 13.3. The van der Waals surface area contributed by atoms with Crippen LogP contribution in [0.2, 0.25) is 0 Å². The highest BCUT2D eigenvalue weighted by molar-refractivity contribution is 6.16. The molecule has 0 heterocycles. The van der Waals surface area contributed by atoms with Crippen molar-refractivity contribution < 1.29 is 0 Å². The van der Waals surface area contributed by atoms with Gasteiger partial charge in [-0.3, -0.25) is 0 Å². The molecule has 6 aliphatic carbocycles. The van der Waals surface area contributed by atoms with Crippen LogP contribution in [0.4, 0.5) is 0 Å². The largest absolute Gasteiger partial charge is 0.0842 e. The molecule has 6 aliphatic rings. The fraction of sp³-hybridized carbons (Fsp3) is 0.250. The van der Waals surface area contributed by atoms with Crippen molar-refractivity contribution in [2.75, 3.05) is 0 Å². The first-order valence-electron chi connectivity index (χ1n) is 18.4. The Morgan fingerprint density at radius 2 is 1.08 bits per heavy atom. The van der Waals surface area contributed by atoms with E-state index in [1.165, 1.54) is 86.2 Å². The van der Waals surface area contributed by atoms with E-state index >= 15 is 0 Å². The third-order valence-electron chi connectivity index (χ3n) is 11.6. The maximum absolute atomic E-state index is 2.53. The van der Waals surface area contributed by atoms with Crippen LogP contribution in [-0.2, 0) is 0 Å². The van der Waals surface area contributed by atoms with Gasteiger partial charge >= 0.3 is 0 Å². The maximum Gasteiger partial charge on any atom is -0.00666 e. The molecule has 0 heteroatoms. The molecule has 236 valence electrons. The van der Waals surface area contributed by atoms with Crippen molar-refractivity contribution in [2.45, 2.75) is 70.6 Å². The molecule has 9 rings (SSSR count). The van der Waals surface area contributed by atoms with Crippen molar-refractivity contribution in [1.29, 1.82) is 0 Å². The smallest absolute Gasteiger partial charge is 0.00666 e. The molecule has 0 saturated carbocycles. The van der Waals surface area contributed by atoms with Crippen LogP contribution in [0.5, 0.6) is 0 Å². The fourth-order valence-electron chi connectivity index (χ4n) is 8.98. The van der Waals surface area contributed by atoms with Crippen LogP contribution in [0.3, 0.4) is 0 Å². The summed E-state index contributed by atoms with van der Waals surface area (Å²) in [6.45, 7) is 0. The Morgan fingerprint density at radius 1 is 0.479 bits per heavy atom. The van der Waals surface area contributed by atoms with Crippen LogP contribution >= 0.6 is 0 Å². The van der Waals surface area contributed by atoms with Crippen molar-refractivity contribution in [1.82, 2.24) is 0 Å². The van der Waals surface area contributed by atoms with Gasteiger partial charge < -0.3 is 0 Å². The Balaban J connectivity index is 1.01. The zero-order valence-corrected chi connectivity index (χ0v) is 28.0. The average molecular weight is 621 g/mol. The van der Waals surface area contributed by atoms with E-state index in [0.717, 1.165) is 50.9 Å². The number of rotatable bonds is 5. The average Bonchev–Trinajstić information content (AvgIpc) is 3.16. The Morgan fingerprint density at radius 3 is 1.75 bits per heavy atom. The number of hydrogen-bond donors (Lipinski definition) is 0. The van der Waals surface area contributed by atoms with Crippen molar-refractivity contribution >= 4 is 32.7 Å². The van der Waals surface area contributed by atoms with Crippen LogP contribution in [0.1, 0.15) is 81.8 Å². The highest BCUT2D eigenvalue weighted by atomic mass is 14.3. The summed E-state index contributed by atoms with van der Waals surface area (Å²) in [5.41, 5.74) is 16.4. The molecule has 0 bridgehead atoms. The Labute approximate surface area is 286 Å². The summed E-state index contributed by atoms with van der Waals surface area (Å²) in [5.74, 6) is 0.723. The monoisotopic (exact) mass is 620 g/mol. The number of hydrogen-bond acceptors (Lipinski definition) is 0. The van der Waals surface area contributed by atoms with Crippen LogP contribution < -0.4 is 0 Å². The summed E-state index contributed by atoms with van der Waals surface area (Å²) < 4.78 is 0. The predicted molar refractivity (Wildman–Crippen MR) is 207 cm³/mol. The van der Waals surface area contributed by atoms with Crippen LogP contribution in [-0.4, -0.2) is 0 Å². The van der Waals surface area contributed by atoms with Gasteiger partial charge in [0, 0.05) is 0 Å².